The quantitative estimate of drug-likeness (QED) is 0.690. The molecule has 4 heteroatoms. The van der Waals surface area contributed by atoms with Crippen LogP contribution in [0.2, 0.25) is 0 Å². The maximum Gasteiger partial charge on any atom is 0.142 e. The Balaban J connectivity index is 1.89. The van der Waals surface area contributed by atoms with Gasteiger partial charge in [0.1, 0.15) is 18.1 Å². The Hall–Kier alpha value is -2.20. The molecule has 0 saturated heterocycles. The maximum atomic E-state index is 10.1. The second-order valence-corrected chi connectivity index (χ2v) is 5.71. The monoisotopic (exact) mass is 343 g/mol. The molecule has 0 aromatic heterocycles. The Labute approximate surface area is 131 Å². The molecule has 0 aliphatic carbocycles. The highest BCUT2D eigenvalue weighted by molar-refractivity contribution is 9.10. The highest BCUT2D eigenvalue weighted by Crippen LogP contribution is 2.29. The first-order valence-corrected chi connectivity index (χ1v) is 7.31. The molecule has 0 fully saturated rings. The maximum absolute atomic E-state index is 10.1. The average Bonchev–Trinajstić information content (AvgIpc) is 2.46. The number of rotatable bonds is 3. The van der Waals surface area contributed by atoms with Gasteiger partial charge in [-0.1, -0.05) is 34.1 Å². The van der Waals surface area contributed by atoms with Crippen molar-refractivity contribution in [3.63, 3.8) is 0 Å². The van der Waals surface area contributed by atoms with Crippen molar-refractivity contribution in [2.24, 2.45) is 0 Å². The fourth-order valence-electron chi connectivity index (χ4n) is 2.19. The number of phenols is 1. The molecule has 0 aliphatic heterocycles. The molecule has 0 radical (unpaired) electrons. The summed E-state index contributed by atoms with van der Waals surface area (Å²) in [6.45, 7) is 0.270. The van der Waals surface area contributed by atoms with E-state index in [2.05, 4.69) is 15.9 Å². The summed E-state index contributed by atoms with van der Waals surface area (Å²) in [6, 6.07) is 16.9. The van der Waals surface area contributed by atoms with E-state index in [4.69, 9.17) is 10.5 Å². The lowest BCUT2D eigenvalue weighted by Gasteiger charge is -2.11. The SMILES string of the molecule is Nc1ccccc1OCc1cc2ccc(Br)cc2cc1O. The van der Waals surface area contributed by atoms with E-state index >= 15 is 0 Å². The van der Waals surface area contributed by atoms with Gasteiger partial charge in [-0.05, 0) is 47.2 Å². The van der Waals surface area contributed by atoms with Gasteiger partial charge in [0.25, 0.3) is 0 Å². The van der Waals surface area contributed by atoms with E-state index in [1.54, 1.807) is 12.1 Å². The van der Waals surface area contributed by atoms with Crippen LogP contribution in [0.5, 0.6) is 11.5 Å². The standard InChI is InChI=1S/C17H14BrNO2/c18-14-6-5-11-7-13(16(20)9-12(11)8-14)10-21-17-4-2-1-3-15(17)19/h1-9,20H,10,19H2. The van der Waals surface area contributed by atoms with Crippen molar-refractivity contribution in [3.05, 3.63) is 64.6 Å². The highest BCUT2D eigenvalue weighted by atomic mass is 79.9. The van der Waals surface area contributed by atoms with Crippen LogP contribution in [0.15, 0.2) is 59.1 Å². The van der Waals surface area contributed by atoms with Gasteiger partial charge in [-0.15, -0.1) is 0 Å². The van der Waals surface area contributed by atoms with Crippen molar-refractivity contribution in [3.8, 4) is 11.5 Å². The number of para-hydroxylation sites is 2. The molecule has 3 nitrogen and oxygen atoms in total. The van der Waals surface area contributed by atoms with Gasteiger partial charge in [0.2, 0.25) is 0 Å². The number of ether oxygens (including phenoxy) is 1. The first kappa shape index (κ1) is 13.8. The minimum Gasteiger partial charge on any atom is -0.508 e. The Morgan fingerprint density at radius 2 is 1.81 bits per heavy atom. The van der Waals surface area contributed by atoms with Gasteiger partial charge in [-0.3, -0.25) is 0 Å². The van der Waals surface area contributed by atoms with Crippen LogP contribution in [-0.4, -0.2) is 5.11 Å². The lowest BCUT2D eigenvalue weighted by atomic mass is 10.1. The van der Waals surface area contributed by atoms with Crippen molar-refractivity contribution in [2.45, 2.75) is 6.61 Å². The number of hydrogen-bond acceptors (Lipinski definition) is 3. The van der Waals surface area contributed by atoms with Crippen LogP contribution < -0.4 is 10.5 Å². The molecule has 0 amide bonds. The number of hydrogen-bond donors (Lipinski definition) is 2. The highest BCUT2D eigenvalue weighted by Gasteiger charge is 2.07. The zero-order chi connectivity index (χ0) is 14.8. The fraction of sp³-hybridized carbons (Fsp3) is 0.0588. The van der Waals surface area contributed by atoms with Gasteiger partial charge < -0.3 is 15.6 Å². The summed E-state index contributed by atoms with van der Waals surface area (Å²) < 4.78 is 6.66. The van der Waals surface area contributed by atoms with Crippen LogP contribution in [0.3, 0.4) is 0 Å². The molecule has 0 saturated carbocycles. The molecule has 106 valence electrons. The van der Waals surface area contributed by atoms with Crippen molar-refractivity contribution in [2.75, 3.05) is 5.73 Å². The summed E-state index contributed by atoms with van der Waals surface area (Å²) in [7, 11) is 0. The van der Waals surface area contributed by atoms with E-state index in [1.165, 1.54) is 0 Å². The van der Waals surface area contributed by atoms with Gasteiger partial charge in [0.15, 0.2) is 0 Å². The van der Waals surface area contributed by atoms with E-state index < -0.39 is 0 Å². The lowest BCUT2D eigenvalue weighted by molar-refractivity contribution is 0.301. The van der Waals surface area contributed by atoms with E-state index in [9.17, 15) is 5.11 Å². The molecular weight excluding hydrogens is 330 g/mol. The topological polar surface area (TPSA) is 55.5 Å². The molecule has 0 atom stereocenters. The third-order valence-corrected chi connectivity index (χ3v) is 3.80. The van der Waals surface area contributed by atoms with Gasteiger partial charge in [-0.25, -0.2) is 0 Å². The first-order valence-electron chi connectivity index (χ1n) is 6.52. The first-order chi connectivity index (χ1) is 10.1. The fourth-order valence-corrected chi connectivity index (χ4v) is 2.57. The van der Waals surface area contributed by atoms with Crippen LogP contribution in [0.25, 0.3) is 10.8 Å². The average molecular weight is 344 g/mol. The minimum atomic E-state index is 0.218. The third kappa shape index (κ3) is 2.95. The van der Waals surface area contributed by atoms with Crippen LogP contribution in [0, 0.1) is 0 Å². The third-order valence-electron chi connectivity index (χ3n) is 3.30. The van der Waals surface area contributed by atoms with E-state index in [-0.39, 0.29) is 12.4 Å². The smallest absolute Gasteiger partial charge is 0.142 e. The molecule has 3 N–H and O–H groups in total. The van der Waals surface area contributed by atoms with E-state index in [0.29, 0.717) is 11.4 Å². The van der Waals surface area contributed by atoms with Crippen molar-refractivity contribution < 1.29 is 9.84 Å². The second kappa shape index (κ2) is 5.66. The molecule has 0 unspecified atom stereocenters. The normalized spacial score (nSPS) is 10.7. The predicted molar refractivity (Wildman–Crippen MR) is 88.5 cm³/mol. The Morgan fingerprint density at radius 3 is 2.62 bits per heavy atom. The number of nitrogen functional groups attached to an aromatic ring is 1. The molecule has 0 bridgehead atoms. The van der Waals surface area contributed by atoms with E-state index in [1.807, 2.05) is 42.5 Å². The number of aromatic hydroxyl groups is 1. The predicted octanol–water partition coefficient (Wildman–Crippen LogP) is 4.47. The number of halogens is 1. The lowest BCUT2D eigenvalue weighted by Crippen LogP contribution is -1.99. The summed E-state index contributed by atoms with van der Waals surface area (Å²) >= 11 is 3.42. The van der Waals surface area contributed by atoms with Crippen molar-refractivity contribution in [1.29, 1.82) is 0 Å². The summed E-state index contributed by atoms with van der Waals surface area (Å²) in [5.41, 5.74) is 7.15. The number of nitrogens with two attached hydrogens (primary N) is 1. The number of benzene rings is 3. The number of fused-ring (bicyclic) bond motifs is 1. The van der Waals surface area contributed by atoms with Gasteiger partial charge in [0, 0.05) is 10.0 Å². The van der Waals surface area contributed by atoms with Gasteiger partial charge >= 0.3 is 0 Å². The number of anilines is 1. The second-order valence-electron chi connectivity index (χ2n) is 4.80. The van der Waals surface area contributed by atoms with Crippen molar-refractivity contribution in [1.82, 2.24) is 0 Å². The molecule has 3 aromatic rings. The Kier molecular flexibility index (Phi) is 3.71. The summed E-state index contributed by atoms with van der Waals surface area (Å²) in [6.07, 6.45) is 0. The molecule has 0 aliphatic rings. The zero-order valence-electron chi connectivity index (χ0n) is 11.2. The summed E-state index contributed by atoms with van der Waals surface area (Å²) in [5.74, 6) is 0.836. The Morgan fingerprint density at radius 1 is 1.00 bits per heavy atom. The minimum absolute atomic E-state index is 0.218. The van der Waals surface area contributed by atoms with Crippen molar-refractivity contribution >= 4 is 32.4 Å². The van der Waals surface area contributed by atoms with Gasteiger partial charge in [0.05, 0.1) is 5.69 Å². The molecular formula is C17H14BrNO2. The van der Waals surface area contributed by atoms with Crippen LogP contribution in [-0.2, 0) is 6.61 Å². The Bertz CT molecular complexity index is 802. The molecule has 21 heavy (non-hydrogen) atoms. The van der Waals surface area contributed by atoms with E-state index in [0.717, 1.165) is 20.8 Å². The molecule has 0 heterocycles. The van der Waals surface area contributed by atoms with Gasteiger partial charge in [-0.2, -0.15) is 0 Å². The molecule has 3 aromatic carbocycles. The molecule has 0 spiro atoms. The molecule has 3 rings (SSSR count). The zero-order valence-corrected chi connectivity index (χ0v) is 12.8. The van der Waals surface area contributed by atoms with Crippen LogP contribution in [0.1, 0.15) is 5.56 Å². The summed E-state index contributed by atoms with van der Waals surface area (Å²) in [5, 5.41) is 12.1. The van der Waals surface area contributed by atoms with Crippen LogP contribution in [0.4, 0.5) is 5.69 Å². The number of phenolic OH excluding ortho intramolecular Hbond substituents is 1. The van der Waals surface area contributed by atoms with Crippen LogP contribution >= 0.6 is 15.9 Å². The summed E-state index contributed by atoms with van der Waals surface area (Å²) in [4.78, 5) is 0. The largest absolute Gasteiger partial charge is 0.508 e.